The summed E-state index contributed by atoms with van der Waals surface area (Å²) in [4.78, 5) is 12.2. The van der Waals surface area contributed by atoms with Crippen LogP contribution in [0, 0.1) is 0 Å². The van der Waals surface area contributed by atoms with Crippen molar-refractivity contribution in [2.75, 3.05) is 20.1 Å². The summed E-state index contributed by atoms with van der Waals surface area (Å²) in [6.45, 7) is 4.08. The predicted octanol–water partition coefficient (Wildman–Crippen LogP) is 2.89. The topological polar surface area (TPSA) is 20.3 Å². The van der Waals surface area contributed by atoms with Gasteiger partial charge in [-0.1, -0.05) is 18.2 Å². The van der Waals surface area contributed by atoms with E-state index in [0.29, 0.717) is 0 Å². The van der Waals surface area contributed by atoms with Crippen molar-refractivity contribution in [3.8, 4) is 0 Å². The summed E-state index contributed by atoms with van der Waals surface area (Å²) < 4.78 is 0. The lowest BCUT2D eigenvalue weighted by atomic mass is 10.4. The van der Waals surface area contributed by atoms with E-state index < -0.39 is 0 Å². The Bertz CT molecular complexity index is 258. The maximum Gasteiger partial charge on any atom is 0.116 e. The molecule has 90 valence electrons. The Hall–Kier alpha value is -0.800. The minimum Gasteiger partial charge on any atom is -0.306 e. The van der Waals surface area contributed by atoms with E-state index in [9.17, 15) is 0 Å². The molecule has 2 rings (SSSR count). The molecule has 0 bridgehead atoms. The fourth-order valence-corrected chi connectivity index (χ4v) is 1.48. The molecule has 0 saturated carbocycles. The molecule has 16 heavy (non-hydrogen) atoms. The summed E-state index contributed by atoms with van der Waals surface area (Å²) >= 11 is 4.08. The van der Waals surface area contributed by atoms with Gasteiger partial charge >= 0.3 is 0 Å². The zero-order valence-electron chi connectivity index (χ0n) is 10.1. The average Bonchev–Trinajstić information content (AvgIpc) is 2.72. The van der Waals surface area contributed by atoms with E-state index in [1.165, 1.54) is 32.9 Å². The van der Waals surface area contributed by atoms with Gasteiger partial charge in [-0.25, -0.2) is 0 Å². The standard InChI is InChI=1S/C6H6S.C5H11N.C2H4O/c7-6-4-2-1-3-5-6;1-6-4-2-3-5-6;1-2-3/h1-5,7H;2-5H2,1H3;2H,1H3. The van der Waals surface area contributed by atoms with Crippen LogP contribution in [0.1, 0.15) is 19.8 Å². The zero-order chi connectivity index (χ0) is 12.2. The van der Waals surface area contributed by atoms with Crippen LogP contribution in [0.4, 0.5) is 0 Å². The van der Waals surface area contributed by atoms with Gasteiger partial charge in [0.1, 0.15) is 6.29 Å². The van der Waals surface area contributed by atoms with Gasteiger partial charge in [0.25, 0.3) is 0 Å². The molecule has 0 aromatic heterocycles. The third-order valence-corrected chi connectivity index (χ3v) is 2.38. The van der Waals surface area contributed by atoms with E-state index in [-0.39, 0.29) is 0 Å². The van der Waals surface area contributed by atoms with Gasteiger partial charge in [0, 0.05) is 4.90 Å². The van der Waals surface area contributed by atoms with Crippen molar-refractivity contribution in [1.29, 1.82) is 0 Å². The molecule has 1 aliphatic rings. The van der Waals surface area contributed by atoms with Crippen molar-refractivity contribution in [1.82, 2.24) is 4.90 Å². The summed E-state index contributed by atoms with van der Waals surface area (Å²) in [5, 5.41) is 0. The number of hydrogen-bond donors (Lipinski definition) is 1. The first-order chi connectivity index (χ1) is 7.70. The molecule has 0 N–H and O–H groups in total. The third-order valence-electron chi connectivity index (χ3n) is 2.09. The molecular formula is C13H21NOS. The monoisotopic (exact) mass is 239 g/mol. The molecule has 0 unspecified atom stereocenters. The number of carbonyl (C=O) groups is 1. The second-order valence-corrected chi connectivity index (χ2v) is 4.10. The highest BCUT2D eigenvalue weighted by molar-refractivity contribution is 7.80. The van der Waals surface area contributed by atoms with Gasteiger partial charge in [0.05, 0.1) is 0 Å². The number of likely N-dealkylation sites (tertiary alicyclic amines) is 1. The van der Waals surface area contributed by atoms with Crippen LogP contribution >= 0.6 is 12.6 Å². The number of carbonyl (C=O) groups excluding carboxylic acids is 1. The lowest BCUT2D eigenvalue weighted by molar-refractivity contribution is -0.106. The lowest BCUT2D eigenvalue weighted by Gasteiger charge is -2.01. The van der Waals surface area contributed by atoms with E-state index in [2.05, 4.69) is 24.6 Å². The summed E-state index contributed by atoms with van der Waals surface area (Å²) in [5.74, 6) is 0. The lowest BCUT2D eigenvalue weighted by Crippen LogP contribution is -2.10. The quantitative estimate of drug-likeness (QED) is 0.555. The van der Waals surface area contributed by atoms with E-state index >= 15 is 0 Å². The van der Waals surface area contributed by atoms with Crippen LogP contribution in [0.25, 0.3) is 0 Å². The molecule has 0 atom stereocenters. The van der Waals surface area contributed by atoms with Crippen molar-refractivity contribution in [2.45, 2.75) is 24.7 Å². The summed E-state index contributed by atoms with van der Waals surface area (Å²) in [6, 6.07) is 9.79. The first kappa shape index (κ1) is 15.2. The van der Waals surface area contributed by atoms with Gasteiger partial charge in [-0.15, -0.1) is 12.6 Å². The maximum absolute atomic E-state index is 8.81. The van der Waals surface area contributed by atoms with E-state index in [1.54, 1.807) is 0 Å². The van der Waals surface area contributed by atoms with Crippen LogP contribution in [-0.2, 0) is 4.79 Å². The van der Waals surface area contributed by atoms with Gasteiger partial charge in [-0.05, 0) is 52.0 Å². The van der Waals surface area contributed by atoms with Crippen LogP contribution in [0.5, 0.6) is 0 Å². The molecule has 1 heterocycles. The van der Waals surface area contributed by atoms with Gasteiger partial charge in [-0.3, -0.25) is 0 Å². The van der Waals surface area contributed by atoms with Crippen molar-refractivity contribution in [3.05, 3.63) is 30.3 Å². The molecule has 1 fully saturated rings. The number of benzene rings is 1. The highest BCUT2D eigenvalue weighted by Gasteiger charge is 2.03. The fourth-order valence-electron chi connectivity index (χ4n) is 1.30. The smallest absolute Gasteiger partial charge is 0.116 e. The maximum atomic E-state index is 8.81. The molecule has 1 aliphatic heterocycles. The second-order valence-electron chi connectivity index (χ2n) is 3.58. The van der Waals surface area contributed by atoms with Crippen molar-refractivity contribution in [3.63, 3.8) is 0 Å². The van der Waals surface area contributed by atoms with Gasteiger partial charge in [0.2, 0.25) is 0 Å². The van der Waals surface area contributed by atoms with Gasteiger partial charge in [0.15, 0.2) is 0 Å². The van der Waals surface area contributed by atoms with Crippen LogP contribution in [0.2, 0.25) is 0 Å². The van der Waals surface area contributed by atoms with Gasteiger partial charge in [-0.2, -0.15) is 0 Å². The Morgan fingerprint density at radius 3 is 1.81 bits per heavy atom. The molecule has 1 saturated heterocycles. The Morgan fingerprint density at radius 1 is 1.19 bits per heavy atom. The van der Waals surface area contributed by atoms with Crippen LogP contribution in [-0.4, -0.2) is 31.3 Å². The van der Waals surface area contributed by atoms with Gasteiger partial charge < -0.3 is 9.69 Å². The molecule has 2 nitrogen and oxygen atoms in total. The highest BCUT2D eigenvalue weighted by atomic mass is 32.1. The molecule has 0 amide bonds. The van der Waals surface area contributed by atoms with Crippen molar-refractivity contribution >= 4 is 18.9 Å². The highest BCUT2D eigenvalue weighted by Crippen LogP contribution is 2.02. The third kappa shape index (κ3) is 9.74. The fraction of sp³-hybridized carbons (Fsp3) is 0.462. The molecule has 1 aromatic carbocycles. The predicted molar refractivity (Wildman–Crippen MR) is 72.2 cm³/mol. The Kier molecular flexibility index (Phi) is 10.2. The largest absolute Gasteiger partial charge is 0.306 e. The molecule has 0 aliphatic carbocycles. The van der Waals surface area contributed by atoms with Crippen LogP contribution in [0.3, 0.4) is 0 Å². The molecule has 3 heteroatoms. The van der Waals surface area contributed by atoms with Crippen molar-refractivity contribution < 1.29 is 4.79 Å². The Morgan fingerprint density at radius 2 is 1.62 bits per heavy atom. The number of hydrogen-bond acceptors (Lipinski definition) is 3. The van der Waals surface area contributed by atoms with Crippen LogP contribution < -0.4 is 0 Å². The molecule has 0 spiro atoms. The Balaban J connectivity index is 0.000000230. The minimum absolute atomic E-state index is 0.750. The zero-order valence-corrected chi connectivity index (χ0v) is 11.0. The first-order valence-electron chi connectivity index (χ1n) is 5.53. The molecule has 1 aromatic rings. The first-order valence-corrected chi connectivity index (χ1v) is 5.97. The minimum atomic E-state index is 0.750. The van der Waals surface area contributed by atoms with E-state index in [1.807, 2.05) is 30.3 Å². The van der Waals surface area contributed by atoms with E-state index in [0.717, 1.165) is 11.2 Å². The molecular weight excluding hydrogens is 218 g/mol. The average molecular weight is 239 g/mol. The van der Waals surface area contributed by atoms with E-state index in [4.69, 9.17) is 4.79 Å². The number of aldehydes is 1. The number of nitrogens with zero attached hydrogens (tertiary/aromatic N) is 1. The number of rotatable bonds is 0. The summed E-state index contributed by atoms with van der Waals surface area (Å²) in [6.07, 6.45) is 3.58. The van der Waals surface area contributed by atoms with Crippen LogP contribution in [0.15, 0.2) is 35.2 Å². The normalized spacial score (nSPS) is 14.2. The number of thiol groups is 1. The second kappa shape index (κ2) is 10.7. The van der Waals surface area contributed by atoms with Crippen molar-refractivity contribution in [2.24, 2.45) is 0 Å². The summed E-state index contributed by atoms with van der Waals surface area (Å²) in [5.41, 5.74) is 0. The SMILES string of the molecule is CC=O.CN1CCCC1.Sc1ccccc1. The molecule has 0 radical (unpaired) electrons. The summed E-state index contributed by atoms with van der Waals surface area (Å²) in [7, 11) is 2.17. The Labute approximate surface area is 104 Å².